The Morgan fingerprint density at radius 2 is 2.29 bits per heavy atom. The van der Waals surface area contributed by atoms with Crippen molar-refractivity contribution >= 4 is 5.91 Å². The van der Waals surface area contributed by atoms with Gasteiger partial charge in [-0.05, 0) is 13.3 Å². The van der Waals surface area contributed by atoms with Crippen molar-refractivity contribution in [2.75, 3.05) is 13.1 Å². The van der Waals surface area contributed by atoms with Crippen molar-refractivity contribution in [3.8, 4) is 6.07 Å². The quantitative estimate of drug-likeness (QED) is 0.593. The van der Waals surface area contributed by atoms with Crippen LogP contribution in [0.15, 0.2) is 0 Å². The molecule has 0 rings (SSSR count). The highest BCUT2D eigenvalue weighted by atomic mass is 16.1. The van der Waals surface area contributed by atoms with Gasteiger partial charge in [0, 0.05) is 12.6 Å². The first-order valence-corrected chi connectivity index (χ1v) is 5.07. The molecule has 0 aromatic carbocycles. The summed E-state index contributed by atoms with van der Waals surface area (Å²) in [6, 6.07) is 2.35. The number of nitrogens with zero attached hydrogens (tertiary/aromatic N) is 1. The van der Waals surface area contributed by atoms with Crippen molar-refractivity contribution in [3.63, 3.8) is 0 Å². The van der Waals surface area contributed by atoms with Crippen LogP contribution in [-0.2, 0) is 4.79 Å². The molecule has 80 valence electrons. The largest absolute Gasteiger partial charge is 0.354 e. The standard InChI is InChI=1S/C10H19N3O/c1-3-5-9(2)13-8-10(14)12-7-4-6-11/h9,13H,3-5,7-8H2,1-2H3,(H,12,14). The monoisotopic (exact) mass is 197 g/mol. The fraction of sp³-hybridized carbons (Fsp3) is 0.800. The lowest BCUT2D eigenvalue weighted by Crippen LogP contribution is -2.38. The maximum Gasteiger partial charge on any atom is 0.233 e. The Hall–Kier alpha value is -1.08. The molecular formula is C10H19N3O. The lowest BCUT2D eigenvalue weighted by molar-refractivity contribution is -0.120. The number of nitrogens with one attached hydrogen (secondary N) is 2. The van der Waals surface area contributed by atoms with E-state index in [1.165, 1.54) is 0 Å². The molecule has 4 nitrogen and oxygen atoms in total. The number of nitriles is 1. The lowest BCUT2D eigenvalue weighted by atomic mass is 10.2. The van der Waals surface area contributed by atoms with E-state index in [9.17, 15) is 4.79 Å². The van der Waals surface area contributed by atoms with Crippen LogP contribution in [0.3, 0.4) is 0 Å². The number of amides is 1. The van der Waals surface area contributed by atoms with Crippen molar-refractivity contribution in [1.82, 2.24) is 10.6 Å². The molecule has 0 saturated carbocycles. The Morgan fingerprint density at radius 1 is 1.57 bits per heavy atom. The average molecular weight is 197 g/mol. The van der Waals surface area contributed by atoms with Crippen molar-refractivity contribution < 1.29 is 4.79 Å². The van der Waals surface area contributed by atoms with Crippen LogP contribution in [0.2, 0.25) is 0 Å². The summed E-state index contributed by atoms with van der Waals surface area (Å²) in [5.74, 6) is -0.0387. The zero-order valence-corrected chi connectivity index (χ0v) is 8.97. The van der Waals surface area contributed by atoms with Crippen molar-refractivity contribution in [2.24, 2.45) is 0 Å². The van der Waals surface area contributed by atoms with E-state index in [4.69, 9.17) is 5.26 Å². The van der Waals surface area contributed by atoms with Crippen LogP contribution in [-0.4, -0.2) is 25.0 Å². The second kappa shape index (κ2) is 8.52. The second-order valence-electron chi connectivity index (χ2n) is 3.33. The van der Waals surface area contributed by atoms with Gasteiger partial charge >= 0.3 is 0 Å². The molecule has 0 saturated heterocycles. The molecule has 4 heteroatoms. The highest BCUT2D eigenvalue weighted by molar-refractivity contribution is 5.77. The van der Waals surface area contributed by atoms with Crippen LogP contribution in [0.1, 0.15) is 33.1 Å². The lowest BCUT2D eigenvalue weighted by Gasteiger charge is -2.11. The van der Waals surface area contributed by atoms with E-state index in [-0.39, 0.29) is 5.91 Å². The van der Waals surface area contributed by atoms with Gasteiger partial charge in [0.15, 0.2) is 0 Å². The molecule has 0 aliphatic carbocycles. The average Bonchev–Trinajstić information content (AvgIpc) is 2.16. The highest BCUT2D eigenvalue weighted by Crippen LogP contribution is 1.93. The summed E-state index contributed by atoms with van der Waals surface area (Å²) in [5.41, 5.74) is 0. The molecular weight excluding hydrogens is 178 g/mol. The first-order valence-electron chi connectivity index (χ1n) is 5.07. The third-order valence-electron chi connectivity index (χ3n) is 1.89. The maximum atomic E-state index is 11.1. The van der Waals surface area contributed by atoms with E-state index in [1.807, 2.05) is 6.07 Å². The van der Waals surface area contributed by atoms with Crippen LogP contribution < -0.4 is 10.6 Å². The number of carbonyl (C=O) groups is 1. The second-order valence-corrected chi connectivity index (χ2v) is 3.33. The summed E-state index contributed by atoms with van der Waals surface area (Å²) in [6.07, 6.45) is 2.56. The van der Waals surface area contributed by atoms with Gasteiger partial charge in [0.1, 0.15) is 0 Å². The molecule has 0 heterocycles. The van der Waals surface area contributed by atoms with E-state index in [2.05, 4.69) is 24.5 Å². The van der Waals surface area contributed by atoms with Gasteiger partial charge in [-0.3, -0.25) is 4.79 Å². The Labute approximate surface area is 85.7 Å². The van der Waals surface area contributed by atoms with Gasteiger partial charge in [-0.1, -0.05) is 13.3 Å². The molecule has 1 atom stereocenters. The molecule has 0 fully saturated rings. The normalized spacial score (nSPS) is 11.8. The van der Waals surface area contributed by atoms with Crippen LogP contribution in [0.4, 0.5) is 0 Å². The Balaban J connectivity index is 3.39. The smallest absolute Gasteiger partial charge is 0.233 e. The number of hydrogen-bond acceptors (Lipinski definition) is 3. The summed E-state index contributed by atoms with van der Waals surface area (Å²) >= 11 is 0. The topological polar surface area (TPSA) is 64.9 Å². The van der Waals surface area contributed by atoms with Gasteiger partial charge in [0.25, 0.3) is 0 Å². The van der Waals surface area contributed by atoms with Crippen molar-refractivity contribution in [3.05, 3.63) is 0 Å². The van der Waals surface area contributed by atoms with E-state index in [0.29, 0.717) is 25.6 Å². The molecule has 0 spiro atoms. The zero-order chi connectivity index (χ0) is 10.8. The van der Waals surface area contributed by atoms with Gasteiger partial charge < -0.3 is 10.6 Å². The van der Waals surface area contributed by atoms with Crippen LogP contribution >= 0.6 is 0 Å². The summed E-state index contributed by atoms with van der Waals surface area (Å²) in [7, 11) is 0. The van der Waals surface area contributed by atoms with E-state index in [0.717, 1.165) is 12.8 Å². The molecule has 1 amide bonds. The Morgan fingerprint density at radius 3 is 2.86 bits per heavy atom. The molecule has 0 radical (unpaired) electrons. The third-order valence-corrected chi connectivity index (χ3v) is 1.89. The molecule has 1 unspecified atom stereocenters. The molecule has 14 heavy (non-hydrogen) atoms. The summed E-state index contributed by atoms with van der Waals surface area (Å²) < 4.78 is 0. The zero-order valence-electron chi connectivity index (χ0n) is 8.97. The molecule has 0 bridgehead atoms. The fourth-order valence-electron chi connectivity index (χ4n) is 1.12. The minimum absolute atomic E-state index is 0.0387. The molecule has 0 aliphatic rings. The maximum absolute atomic E-state index is 11.1. The highest BCUT2D eigenvalue weighted by Gasteiger charge is 2.03. The minimum Gasteiger partial charge on any atom is -0.354 e. The fourth-order valence-corrected chi connectivity index (χ4v) is 1.12. The first-order chi connectivity index (χ1) is 6.70. The van der Waals surface area contributed by atoms with Crippen molar-refractivity contribution in [2.45, 2.75) is 39.2 Å². The SMILES string of the molecule is CCCC(C)NCC(=O)NCCC#N. The molecule has 0 aliphatic heterocycles. The Bertz CT molecular complexity index is 198. The predicted octanol–water partition coefficient (Wildman–Crippen LogP) is 0.794. The number of rotatable bonds is 7. The van der Waals surface area contributed by atoms with Crippen molar-refractivity contribution in [1.29, 1.82) is 5.26 Å². The minimum atomic E-state index is -0.0387. The summed E-state index contributed by atoms with van der Waals surface area (Å²) in [6.45, 7) is 4.96. The summed E-state index contributed by atoms with van der Waals surface area (Å²) in [5, 5.41) is 14.0. The molecule has 0 aromatic heterocycles. The molecule has 0 aromatic rings. The van der Waals surface area contributed by atoms with Gasteiger partial charge in [0.05, 0.1) is 19.0 Å². The Kier molecular flexibility index (Phi) is 7.86. The van der Waals surface area contributed by atoms with Gasteiger partial charge in [0.2, 0.25) is 5.91 Å². The number of carbonyl (C=O) groups excluding carboxylic acids is 1. The predicted molar refractivity (Wildman–Crippen MR) is 55.6 cm³/mol. The number of hydrogen-bond donors (Lipinski definition) is 2. The molecule has 2 N–H and O–H groups in total. The summed E-state index contributed by atoms with van der Waals surface area (Å²) in [4.78, 5) is 11.1. The van der Waals surface area contributed by atoms with Crippen LogP contribution in [0.5, 0.6) is 0 Å². The van der Waals surface area contributed by atoms with Crippen LogP contribution in [0, 0.1) is 11.3 Å². The van der Waals surface area contributed by atoms with E-state index < -0.39 is 0 Å². The first kappa shape index (κ1) is 12.9. The van der Waals surface area contributed by atoms with E-state index in [1.54, 1.807) is 0 Å². The van der Waals surface area contributed by atoms with Crippen LogP contribution in [0.25, 0.3) is 0 Å². The van der Waals surface area contributed by atoms with Gasteiger partial charge in [-0.25, -0.2) is 0 Å². The third kappa shape index (κ3) is 7.56. The van der Waals surface area contributed by atoms with Gasteiger partial charge in [-0.2, -0.15) is 5.26 Å². The van der Waals surface area contributed by atoms with E-state index >= 15 is 0 Å². The van der Waals surface area contributed by atoms with Gasteiger partial charge in [-0.15, -0.1) is 0 Å².